The molecule has 1 heterocycles. The van der Waals surface area contributed by atoms with Crippen molar-refractivity contribution in [2.24, 2.45) is 0 Å². The number of aromatic amines is 1. The molecule has 0 saturated heterocycles. The molecular formula is C18H19N3S. The van der Waals surface area contributed by atoms with Crippen molar-refractivity contribution in [2.75, 3.05) is 6.54 Å². The lowest BCUT2D eigenvalue weighted by molar-refractivity contribution is 0.817. The molecule has 3 N–H and O–H groups in total. The Bertz CT molecular complexity index is 749. The zero-order valence-electron chi connectivity index (χ0n) is 12.3. The van der Waals surface area contributed by atoms with Gasteiger partial charge >= 0.3 is 0 Å². The average Bonchev–Trinajstić information content (AvgIpc) is 2.97. The second kappa shape index (κ2) is 7.09. The van der Waals surface area contributed by atoms with Crippen LogP contribution in [0.4, 0.5) is 0 Å². The maximum Gasteiger partial charge on any atom is 0.166 e. The Labute approximate surface area is 135 Å². The van der Waals surface area contributed by atoms with Gasteiger partial charge in [-0.1, -0.05) is 48.5 Å². The Morgan fingerprint density at radius 1 is 0.955 bits per heavy atom. The van der Waals surface area contributed by atoms with Crippen LogP contribution in [0.2, 0.25) is 0 Å². The fourth-order valence-electron chi connectivity index (χ4n) is 2.49. The molecule has 3 rings (SSSR count). The van der Waals surface area contributed by atoms with Crippen molar-refractivity contribution in [2.45, 2.75) is 13.0 Å². The highest BCUT2D eigenvalue weighted by molar-refractivity contribution is 7.80. The fourth-order valence-corrected chi connectivity index (χ4v) is 2.66. The number of hydrogen-bond donors (Lipinski definition) is 3. The van der Waals surface area contributed by atoms with E-state index < -0.39 is 0 Å². The number of rotatable bonds is 5. The molecule has 0 unspecified atom stereocenters. The zero-order valence-corrected chi connectivity index (χ0v) is 13.1. The first-order valence-corrected chi connectivity index (χ1v) is 7.84. The third kappa shape index (κ3) is 3.65. The number of nitrogens with one attached hydrogen (secondary N) is 3. The van der Waals surface area contributed by atoms with Gasteiger partial charge in [0, 0.05) is 30.2 Å². The maximum absolute atomic E-state index is 5.31. The topological polar surface area (TPSA) is 39.9 Å². The maximum atomic E-state index is 5.31. The third-order valence-corrected chi connectivity index (χ3v) is 3.94. The Kier molecular flexibility index (Phi) is 4.71. The van der Waals surface area contributed by atoms with Crippen LogP contribution in [0.3, 0.4) is 0 Å². The summed E-state index contributed by atoms with van der Waals surface area (Å²) in [5.41, 5.74) is 3.72. The molecule has 0 radical (unpaired) electrons. The molecular weight excluding hydrogens is 290 g/mol. The number of aromatic nitrogens is 1. The SMILES string of the molecule is S=C(NCCc1c[nH]c2ccccc12)NCc1ccccc1. The summed E-state index contributed by atoms with van der Waals surface area (Å²) >= 11 is 5.31. The van der Waals surface area contributed by atoms with Gasteiger partial charge < -0.3 is 15.6 Å². The standard InChI is InChI=1S/C18H19N3S/c22-18(21-12-14-6-2-1-3-7-14)19-11-10-15-13-20-17-9-5-4-8-16(15)17/h1-9,13,20H,10-12H2,(H2,19,21,22). The second-order valence-corrected chi connectivity index (χ2v) is 5.61. The van der Waals surface area contributed by atoms with Gasteiger partial charge in [-0.3, -0.25) is 0 Å². The molecule has 0 bridgehead atoms. The number of thiocarbonyl (C=S) groups is 1. The van der Waals surface area contributed by atoms with E-state index in [4.69, 9.17) is 12.2 Å². The molecule has 0 saturated carbocycles. The summed E-state index contributed by atoms with van der Waals surface area (Å²) in [6.45, 7) is 1.57. The summed E-state index contributed by atoms with van der Waals surface area (Å²) in [6.07, 6.45) is 3.02. The van der Waals surface area contributed by atoms with Crippen LogP contribution in [0.15, 0.2) is 60.8 Å². The second-order valence-electron chi connectivity index (χ2n) is 5.20. The monoisotopic (exact) mass is 309 g/mol. The van der Waals surface area contributed by atoms with Crippen molar-refractivity contribution in [3.63, 3.8) is 0 Å². The van der Waals surface area contributed by atoms with Crippen molar-refractivity contribution >= 4 is 28.2 Å². The van der Waals surface area contributed by atoms with Gasteiger partial charge in [0.05, 0.1) is 0 Å². The van der Waals surface area contributed by atoms with Gasteiger partial charge in [0.15, 0.2) is 5.11 Å². The minimum Gasteiger partial charge on any atom is -0.362 e. The Hall–Kier alpha value is -2.33. The molecule has 112 valence electrons. The molecule has 0 atom stereocenters. The molecule has 1 aromatic heterocycles. The molecule has 0 spiro atoms. The Balaban J connectivity index is 1.45. The van der Waals surface area contributed by atoms with E-state index in [1.54, 1.807) is 0 Å². The molecule has 4 heteroatoms. The molecule has 2 aromatic carbocycles. The minimum atomic E-state index is 0.698. The van der Waals surface area contributed by atoms with Crippen LogP contribution in [0.5, 0.6) is 0 Å². The van der Waals surface area contributed by atoms with Gasteiger partial charge in [-0.05, 0) is 35.8 Å². The van der Waals surface area contributed by atoms with E-state index in [-0.39, 0.29) is 0 Å². The normalized spacial score (nSPS) is 10.5. The molecule has 0 aliphatic carbocycles. The quantitative estimate of drug-likeness (QED) is 0.633. The number of fused-ring (bicyclic) bond motifs is 1. The first-order valence-electron chi connectivity index (χ1n) is 7.43. The summed E-state index contributed by atoms with van der Waals surface area (Å²) in [7, 11) is 0. The van der Waals surface area contributed by atoms with Gasteiger partial charge in [0.2, 0.25) is 0 Å². The van der Waals surface area contributed by atoms with Crippen LogP contribution < -0.4 is 10.6 Å². The lowest BCUT2D eigenvalue weighted by atomic mass is 10.1. The smallest absolute Gasteiger partial charge is 0.166 e. The summed E-state index contributed by atoms with van der Waals surface area (Å²) in [6, 6.07) is 18.6. The fraction of sp³-hybridized carbons (Fsp3) is 0.167. The minimum absolute atomic E-state index is 0.698. The van der Waals surface area contributed by atoms with Crippen molar-refractivity contribution in [3.05, 3.63) is 71.9 Å². The van der Waals surface area contributed by atoms with E-state index in [0.29, 0.717) is 5.11 Å². The highest BCUT2D eigenvalue weighted by Crippen LogP contribution is 2.17. The van der Waals surface area contributed by atoms with E-state index in [9.17, 15) is 0 Å². The molecule has 0 amide bonds. The average molecular weight is 309 g/mol. The van der Waals surface area contributed by atoms with Crippen molar-refractivity contribution in [1.82, 2.24) is 15.6 Å². The van der Waals surface area contributed by atoms with E-state index in [1.165, 1.54) is 22.0 Å². The van der Waals surface area contributed by atoms with E-state index in [0.717, 1.165) is 19.5 Å². The van der Waals surface area contributed by atoms with Crippen molar-refractivity contribution in [1.29, 1.82) is 0 Å². The van der Waals surface area contributed by atoms with Crippen LogP contribution in [0.1, 0.15) is 11.1 Å². The largest absolute Gasteiger partial charge is 0.362 e. The Morgan fingerprint density at radius 2 is 1.73 bits per heavy atom. The number of hydrogen-bond acceptors (Lipinski definition) is 1. The molecule has 0 fully saturated rings. The van der Waals surface area contributed by atoms with Gasteiger partial charge in [-0.15, -0.1) is 0 Å². The molecule has 0 aliphatic rings. The highest BCUT2D eigenvalue weighted by Gasteiger charge is 2.03. The van der Waals surface area contributed by atoms with Crippen molar-refractivity contribution in [3.8, 4) is 0 Å². The van der Waals surface area contributed by atoms with Gasteiger partial charge in [-0.2, -0.15) is 0 Å². The zero-order chi connectivity index (χ0) is 15.2. The molecule has 0 aliphatic heterocycles. The first-order chi connectivity index (χ1) is 10.8. The van der Waals surface area contributed by atoms with Crippen LogP contribution >= 0.6 is 12.2 Å². The molecule has 3 aromatic rings. The van der Waals surface area contributed by atoms with E-state index in [1.807, 2.05) is 24.3 Å². The predicted octanol–water partition coefficient (Wildman–Crippen LogP) is 3.37. The highest BCUT2D eigenvalue weighted by atomic mass is 32.1. The Morgan fingerprint density at radius 3 is 2.59 bits per heavy atom. The van der Waals surface area contributed by atoms with Gasteiger partial charge in [0.25, 0.3) is 0 Å². The summed E-state index contributed by atoms with van der Waals surface area (Å²) in [4.78, 5) is 3.30. The molecule has 3 nitrogen and oxygen atoms in total. The number of benzene rings is 2. The van der Waals surface area contributed by atoms with Crippen molar-refractivity contribution < 1.29 is 0 Å². The van der Waals surface area contributed by atoms with Gasteiger partial charge in [-0.25, -0.2) is 0 Å². The lowest BCUT2D eigenvalue weighted by Crippen LogP contribution is -2.35. The first kappa shape index (κ1) is 14.6. The lowest BCUT2D eigenvalue weighted by Gasteiger charge is -2.10. The van der Waals surface area contributed by atoms with Crippen LogP contribution in [-0.4, -0.2) is 16.6 Å². The van der Waals surface area contributed by atoms with Gasteiger partial charge in [0.1, 0.15) is 0 Å². The van der Waals surface area contributed by atoms with E-state index in [2.05, 4.69) is 52.1 Å². The summed E-state index contributed by atoms with van der Waals surface area (Å²) in [5.74, 6) is 0. The predicted molar refractivity (Wildman–Crippen MR) is 95.9 cm³/mol. The third-order valence-electron chi connectivity index (χ3n) is 3.65. The summed E-state index contributed by atoms with van der Waals surface area (Å²) < 4.78 is 0. The number of H-pyrrole nitrogens is 1. The van der Waals surface area contributed by atoms with Crippen LogP contribution in [0, 0.1) is 0 Å². The number of para-hydroxylation sites is 1. The van der Waals surface area contributed by atoms with Crippen LogP contribution in [-0.2, 0) is 13.0 Å². The molecule has 22 heavy (non-hydrogen) atoms. The van der Waals surface area contributed by atoms with Crippen LogP contribution in [0.25, 0.3) is 10.9 Å². The van der Waals surface area contributed by atoms with E-state index >= 15 is 0 Å². The summed E-state index contributed by atoms with van der Waals surface area (Å²) in [5, 5.41) is 8.47.